The largest absolute Gasteiger partial charge is 0.238 e. The first-order valence-corrected chi connectivity index (χ1v) is 9.99. The van der Waals surface area contributed by atoms with E-state index in [1.165, 1.54) is 23.4 Å². The highest BCUT2D eigenvalue weighted by Gasteiger charge is 2.16. The number of hydrogen-bond acceptors (Lipinski definition) is 5. The van der Waals surface area contributed by atoms with Gasteiger partial charge < -0.3 is 0 Å². The summed E-state index contributed by atoms with van der Waals surface area (Å²) in [5.74, 6) is 0.298. The van der Waals surface area contributed by atoms with Gasteiger partial charge in [0.15, 0.2) is 0 Å². The molecule has 2 aromatic heterocycles. The van der Waals surface area contributed by atoms with Crippen LogP contribution < -0.4 is 0 Å². The Morgan fingerprint density at radius 1 is 1.00 bits per heavy atom. The normalized spacial score (nSPS) is 11.2. The van der Waals surface area contributed by atoms with E-state index < -0.39 is 0 Å². The van der Waals surface area contributed by atoms with Gasteiger partial charge in [-0.05, 0) is 25.5 Å². The van der Waals surface area contributed by atoms with Crippen molar-refractivity contribution in [2.45, 2.75) is 24.6 Å². The molecule has 0 amide bonds. The van der Waals surface area contributed by atoms with Gasteiger partial charge in [0.05, 0.1) is 9.71 Å². The first-order valence-electron chi connectivity index (χ1n) is 8.19. The van der Waals surface area contributed by atoms with Crippen LogP contribution in [0.5, 0.6) is 0 Å². The van der Waals surface area contributed by atoms with Crippen molar-refractivity contribution in [1.82, 2.24) is 15.2 Å². The summed E-state index contributed by atoms with van der Waals surface area (Å²) in [7, 11) is 0. The van der Waals surface area contributed by atoms with E-state index in [1.807, 2.05) is 13.0 Å². The van der Waals surface area contributed by atoms with Gasteiger partial charge in [-0.25, -0.2) is 9.37 Å². The Labute approximate surface area is 159 Å². The molecule has 0 saturated heterocycles. The van der Waals surface area contributed by atoms with E-state index in [0.717, 1.165) is 31.5 Å². The molecule has 0 fully saturated rings. The summed E-state index contributed by atoms with van der Waals surface area (Å²) < 4.78 is 14.9. The van der Waals surface area contributed by atoms with Gasteiger partial charge in [0.25, 0.3) is 0 Å². The van der Waals surface area contributed by atoms with Gasteiger partial charge in [-0.3, -0.25) is 0 Å². The average Bonchev–Trinajstić information content (AvgIpc) is 3.03. The van der Waals surface area contributed by atoms with Crippen molar-refractivity contribution in [2.75, 3.05) is 0 Å². The van der Waals surface area contributed by atoms with Gasteiger partial charge in [-0.1, -0.05) is 59.8 Å². The maximum absolute atomic E-state index is 13.9. The number of hydrogen-bond donors (Lipinski definition) is 0. The number of benzene rings is 2. The smallest absolute Gasteiger partial charge is 0.146 e. The van der Waals surface area contributed by atoms with Crippen LogP contribution in [0.2, 0.25) is 0 Å². The Hall–Kier alpha value is -2.31. The molecule has 0 saturated carbocycles. The molecule has 0 N–H and O–H groups in total. The minimum Gasteiger partial charge on any atom is -0.238 e. The molecule has 4 aromatic rings. The Kier molecular flexibility index (Phi) is 4.70. The molecule has 4 rings (SSSR count). The van der Waals surface area contributed by atoms with Gasteiger partial charge in [0.1, 0.15) is 22.1 Å². The van der Waals surface area contributed by atoms with Crippen molar-refractivity contribution in [1.29, 1.82) is 0 Å². The molecule has 0 bridgehead atoms. The van der Waals surface area contributed by atoms with E-state index in [0.29, 0.717) is 11.3 Å². The summed E-state index contributed by atoms with van der Waals surface area (Å²) in [6.07, 6.45) is 0. The second-order valence-electron chi connectivity index (χ2n) is 6.01. The molecule has 0 aliphatic heterocycles. The van der Waals surface area contributed by atoms with E-state index >= 15 is 0 Å². The maximum Gasteiger partial charge on any atom is 0.146 e. The van der Waals surface area contributed by atoms with Gasteiger partial charge in [0.2, 0.25) is 0 Å². The number of halogens is 1. The van der Waals surface area contributed by atoms with Gasteiger partial charge in [-0.2, -0.15) is 0 Å². The van der Waals surface area contributed by atoms with Crippen LogP contribution in [0.3, 0.4) is 0 Å². The van der Waals surface area contributed by atoms with Crippen LogP contribution in [-0.4, -0.2) is 15.2 Å². The standard InChI is InChI=1S/C20H16FN3S2/c1-12-7-9-14(10-8-12)17-19-18(22-13(2)26-19)20(24-23-17)25-11-15-5-3-4-6-16(15)21/h3-10H,11H2,1-2H3. The van der Waals surface area contributed by atoms with Crippen molar-refractivity contribution in [2.24, 2.45) is 0 Å². The summed E-state index contributed by atoms with van der Waals surface area (Å²) in [4.78, 5) is 4.65. The molecule has 6 heteroatoms. The number of rotatable bonds is 4. The van der Waals surface area contributed by atoms with E-state index in [4.69, 9.17) is 0 Å². The molecule has 0 atom stereocenters. The lowest BCUT2D eigenvalue weighted by Crippen LogP contribution is -1.94. The van der Waals surface area contributed by atoms with Gasteiger partial charge >= 0.3 is 0 Å². The third-order valence-corrected chi connectivity index (χ3v) is 6.02. The van der Waals surface area contributed by atoms with Crippen molar-refractivity contribution < 1.29 is 4.39 Å². The number of nitrogens with zero attached hydrogens (tertiary/aromatic N) is 3. The highest BCUT2D eigenvalue weighted by atomic mass is 32.2. The molecular weight excluding hydrogens is 365 g/mol. The number of aryl methyl sites for hydroxylation is 2. The van der Waals surface area contributed by atoms with E-state index in [-0.39, 0.29) is 5.82 Å². The van der Waals surface area contributed by atoms with Crippen LogP contribution in [-0.2, 0) is 5.75 Å². The fourth-order valence-electron chi connectivity index (χ4n) is 2.68. The molecule has 2 heterocycles. The van der Waals surface area contributed by atoms with E-state index in [2.05, 4.69) is 46.4 Å². The van der Waals surface area contributed by atoms with Crippen LogP contribution in [0, 0.1) is 19.7 Å². The maximum atomic E-state index is 13.9. The Morgan fingerprint density at radius 2 is 1.77 bits per heavy atom. The molecule has 0 unspecified atom stereocenters. The summed E-state index contributed by atoms with van der Waals surface area (Å²) in [5.41, 5.74) is 4.58. The lowest BCUT2D eigenvalue weighted by Gasteiger charge is -2.06. The minimum atomic E-state index is -0.199. The SMILES string of the molecule is Cc1ccc(-c2nnc(SCc3ccccc3F)c3nc(C)sc23)cc1. The van der Waals surface area contributed by atoms with Crippen molar-refractivity contribution in [3.8, 4) is 11.3 Å². The van der Waals surface area contributed by atoms with E-state index in [1.54, 1.807) is 23.5 Å². The van der Waals surface area contributed by atoms with Crippen molar-refractivity contribution >= 4 is 33.3 Å². The number of thioether (sulfide) groups is 1. The first-order chi connectivity index (χ1) is 12.6. The fourth-order valence-corrected chi connectivity index (χ4v) is 4.58. The highest BCUT2D eigenvalue weighted by molar-refractivity contribution is 7.98. The molecular formula is C20H16FN3S2. The minimum absolute atomic E-state index is 0.199. The highest BCUT2D eigenvalue weighted by Crippen LogP contribution is 2.36. The Bertz CT molecular complexity index is 1070. The van der Waals surface area contributed by atoms with Crippen LogP contribution in [0.4, 0.5) is 4.39 Å². The third kappa shape index (κ3) is 3.34. The number of thiazole rings is 1. The number of fused-ring (bicyclic) bond motifs is 1. The topological polar surface area (TPSA) is 38.7 Å². The summed E-state index contributed by atoms with van der Waals surface area (Å²) >= 11 is 3.08. The summed E-state index contributed by atoms with van der Waals surface area (Å²) in [5, 5.41) is 10.6. The predicted molar refractivity (Wildman–Crippen MR) is 106 cm³/mol. The monoisotopic (exact) mass is 381 g/mol. The quantitative estimate of drug-likeness (QED) is 0.419. The Balaban J connectivity index is 1.72. The van der Waals surface area contributed by atoms with Crippen LogP contribution in [0.25, 0.3) is 21.5 Å². The van der Waals surface area contributed by atoms with Crippen LogP contribution >= 0.6 is 23.1 Å². The molecule has 0 radical (unpaired) electrons. The lowest BCUT2D eigenvalue weighted by molar-refractivity contribution is 0.617. The zero-order valence-corrected chi connectivity index (χ0v) is 16.0. The van der Waals surface area contributed by atoms with Crippen molar-refractivity contribution in [3.05, 3.63) is 70.5 Å². The molecule has 2 aromatic carbocycles. The molecule has 0 aliphatic carbocycles. The second kappa shape index (κ2) is 7.13. The third-order valence-electron chi connectivity index (χ3n) is 4.04. The molecule has 0 aliphatic rings. The first kappa shape index (κ1) is 17.1. The summed E-state index contributed by atoms with van der Waals surface area (Å²) in [6, 6.07) is 15.1. The zero-order valence-electron chi connectivity index (χ0n) is 14.4. The molecule has 0 spiro atoms. The lowest BCUT2D eigenvalue weighted by atomic mass is 10.1. The van der Waals surface area contributed by atoms with Gasteiger partial charge in [0, 0.05) is 11.3 Å². The molecule has 26 heavy (non-hydrogen) atoms. The molecule has 3 nitrogen and oxygen atoms in total. The molecule has 130 valence electrons. The zero-order chi connectivity index (χ0) is 18.1. The van der Waals surface area contributed by atoms with Crippen LogP contribution in [0.15, 0.2) is 53.6 Å². The fraction of sp³-hybridized carbons (Fsp3) is 0.150. The van der Waals surface area contributed by atoms with Crippen molar-refractivity contribution in [3.63, 3.8) is 0 Å². The Morgan fingerprint density at radius 3 is 2.54 bits per heavy atom. The predicted octanol–water partition coefficient (Wildman–Crippen LogP) is 5.80. The average molecular weight is 382 g/mol. The van der Waals surface area contributed by atoms with E-state index in [9.17, 15) is 4.39 Å². The second-order valence-corrected chi connectivity index (χ2v) is 8.18. The van der Waals surface area contributed by atoms with Crippen LogP contribution in [0.1, 0.15) is 16.1 Å². The van der Waals surface area contributed by atoms with Gasteiger partial charge in [-0.15, -0.1) is 21.5 Å². The number of aromatic nitrogens is 3. The summed E-state index contributed by atoms with van der Waals surface area (Å²) in [6.45, 7) is 4.04.